The van der Waals surface area contributed by atoms with Crippen molar-refractivity contribution in [1.82, 2.24) is 0 Å². The van der Waals surface area contributed by atoms with E-state index in [4.69, 9.17) is 0 Å². The highest BCUT2D eigenvalue weighted by molar-refractivity contribution is 7.13. The van der Waals surface area contributed by atoms with Gasteiger partial charge in [0.1, 0.15) is 0 Å². The van der Waals surface area contributed by atoms with Crippen molar-refractivity contribution in [1.29, 1.82) is 0 Å². The average molecular weight is 368 g/mol. The van der Waals surface area contributed by atoms with Crippen LogP contribution in [0, 0.1) is 0 Å². The van der Waals surface area contributed by atoms with Gasteiger partial charge in [0.2, 0.25) is 0 Å². The second-order valence-electron chi connectivity index (χ2n) is 6.49. The molecular formula is C23H12OS2. The maximum Gasteiger partial charge on any atom is 0.197 e. The van der Waals surface area contributed by atoms with Gasteiger partial charge in [0, 0.05) is 32.0 Å². The number of carbonyl (C=O) groups excluding carboxylic acids is 1. The Morgan fingerprint density at radius 2 is 1.12 bits per heavy atom. The Labute approximate surface area is 158 Å². The molecule has 0 saturated carbocycles. The molecule has 0 amide bonds. The molecule has 2 aromatic carbocycles. The molecule has 2 aromatic heterocycles. The first kappa shape index (κ1) is 14.4. The average Bonchev–Trinajstić information content (AvgIpc) is 3.43. The minimum Gasteiger partial charge on any atom is -0.288 e. The maximum absolute atomic E-state index is 13.5. The standard InChI is InChI=1S/C23H12OS2/c24-23-21(16-9-3-11-25-16)19-14-7-1-5-13-6-2-8-15(18(13)14)20(19)22(23)17-10-4-12-26-17/h1-12H. The zero-order valence-corrected chi connectivity index (χ0v) is 15.3. The van der Waals surface area contributed by atoms with E-state index in [0.717, 1.165) is 32.0 Å². The number of rotatable bonds is 2. The highest BCUT2D eigenvalue weighted by Gasteiger charge is 2.40. The Morgan fingerprint density at radius 3 is 1.58 bits per heavy atom. The summed E-state index contributed by atoms with van der Waals surface area (Å²) in [6.07, 6.45) is 0. The highest BCUT2D eigenvalue weighted by Crippen LogP contribution is 2.57. The Hall–Kier alpha value is -2.75. The van der Waals surface area contributed by atoms with Gasteiger partial charge in [-0.25, -0.2) is 0 Å². The molecule has 3 heteroatoms. The van der Waals surface area contributed by atoms with E-state index in [2.05, 4.69) is 48.5 Å². The zero-order valence-electron chi connectivity index (χ0n) is 13.7. The first-order valence-corrected chi connectivity index (χ1v) is 10.2. The summed E-state index contributed by atoms with van der Waals surface area (Å²) in [6, 6.07) is 21.0. The second-order valence-corrected chi connectivity index (χ2v) is 8.39. The number of fused-ring (bicyclic) bond motifs is 3. The number of hydrogen-bond acceptors (Lipinski definition) is 3. The van der Waals surface area contributed by atoms with Gasteiger partial charge in [0.05, 0.1) is 0 Å². The monoisotopic (exact) mass is 368 g/mol. The summed E-state index contributed by atoms with van der Waals surface area (Å²) >= 11 is 3.28. The lowest BCUT2D eigenvalue weighted by molar-refractivity contribution is -0.108. The Bertz CT molecular complexity index is 1170. The van der Waals surface area contributed by atoms with Crippen LogP contribution in [0.4, 0.5) is 0 Å². The van der Waals surface area contributed by atoms with Gasteiger partial charge in [-0.2, -0.15) is 0 Å². The first-order valence-electron chi connectivity index (χ1n) is 8.48. The molecule has 0 saturated heterocycles. The van der Waals surface area contributed by atoms with Crippen LogP contribution in [0.5, 0.6) is 0 Å². The minimum atomic E-state index is 0.159. The molecule has 2 heterocycles. The van der Waals surface area contributed by atoms with Crippen LogP contribution in [-0.4, -0.2) is 5.78 Å². The van der Waals surface area contributed by atoms with Crippen molar-refractivity contribution in [2.24, 2.45) is 0 Å². The van der Waals surface area contributed by atoms with E-state index in [1.54, 1.807) is 22.7 Å². The van der Waals surface area contributed by atoms with Crippen LogP contribution in [0.1, 0.15) is 20.9 Å². The molecule has 1 nitrogen and oxygen atoms in total. The fourth-order valence-corrected chi connectivity index (χ4v) is 5.76. The topological polar surface area (TPSA) is 17.1 Å². The van der Waals surface area contributed by atoms with Crippen molar-refractivity contribution < 1.29 is 4.79 Å². The number of allylic oxidation sites excluding steroid dienone is 4. The van der Waals surface area contributed by atoms with Gasteiger partial charge in [0.15, 0.2) is 5.78 Å². The van der Waals surface area contributed by atoms with Gasteiger partial charge >= 0.3 is 0 Å². The maximum atomic E-state index is 13.5. The summed E-state index contributed by atoms with van der Waals surface area (Å²) in [5.41, 5.74) is 6.34. The van der Waals surface area contributed by atoms with Gasteiger partial charge in [-0.05, 0) is 44.8 Å². The summed E-state index contributed by atoms with van der Waals surface area (Å²) in [4.78, 5) is 15.7. The molecule has 6 rings (SSSR count). The van der Waals surface area contributed by atoms with E-state index in [0.29, 0.717) is 0 Å². The van der Waals surface area contributed by atoms with Crippen LogP contribution >= 0.6 is 22.7 Å². The number of carbonyl (C=O) groups is 1. The fraction of sp³-hybridized carbons (Fsp3) is 0. The molecule has 0 atom stereocenters. The molecule has 0 aliphatic heterocycles. The third-order valence-corrected chi connectivity index (χ3v) is 6.96. The van der Waals surface area contributed by atoms with Crippen LogP contribution in [0.2, 0.25) is 0 Å². The Morgan fingerprint density at radius 1 is 0.577 bits per heavy atom. The summed E-state index contributed by atoms with van der Waals surface area (Å²) in [6.45, 7) is 0. The third kappa shape index (κ3) is 1.72. The lowest BCUT2D eigenvalue weighted by Gasteiger charge is -2.06. The van der Waals surface area contributed by atoms with Gasteiger partial charge in [-0.15, -0.1) is 22.7 Å². The Balaban J connectivity index is 1.80. The summed E-state index contributed by atoms with van der Waals surface area (Å²) in [5.74, 6) is 0.159. The van der Waals surface area contributed by atoms with Gasteiger partial charge in [-0.3, -0.25) is 4.79 Å². The number of benzene rings is 2. The lowest BCUT2D eigenvalue weighted by atomic mass is 9.98. The third-order valence-electron chi connectivity index (χ3n) is 5.18. The van der Waals surface area contributed by atoms with Crippen molar-refractivity contribution in [3.63, 3.8) is 0 Å². The van der Waals surface area contributed by atoms with E-state index in [9.17, 15) is 4.79 Å². The zero-order chi connectivity index (χ0) is 17.3. The molecule has 0 radical (unpaired) electrons. The summed E-state index contributed by atoms with van der Waals surface area (Å²) in [5, 5.41) is 6.59. The molecule has 0 spiro atoms. The highest BCUT2D eigenvalue weighted by atomic mass is 32.1. The predicted octanol–water partition coefficient (Wildman–Crippen LogP) is 6.38. The van der Waals surface area contributed by atoms with E-state index in [-0.39, 0.29) is 5.78 Å². The molecule has 26 heavy (non-hydrogen) atoms. The van der Waals surface area contributed by atoms with Crippen molar-refractivity contribution >= 4 is 61.5 Å². The van der Waals surface area contributed by atoms with Gasteiger partial charge in [-0.1, -0.05) is 48.5 Å². The van der Waals surface area contributed by atoms with E-state index in [1.165, 1.54) is 21.9 Å². The van der Waals surface area contributed by atoms with Crippen molar-refractivity contribution in [3.05, 3.63) is 92.3 Å². The molecule has 2 aliphatic rings. The van der Waals surface area contributed by atoms with E-state index >= 15 is 0 Å². The van der Waals surface area contributed by atoms with Gasteiger partial charge in [0.25, 0.3) is 0 Å². The van der Waals surface area contributed by atoms with Crippen LogP contribution in [-0.2, 0) is 4.79 Å². The minimum absolute atomic E-state index is 0.159. The smallest absolute Gasteiger partial charge is 0.197 e. The van der Waals surface area contributed by atoms with Crippen LogP contribution in [0.25, 0.3) is 33.1 Å². The molecule has 4 aromatic rings. The number of Topliss-reactive ketones (excluding diaryl/α,β-unsaturated/α-hetero) is 1. The molecule has 2 aliphatic carbocycles. The molecule has 0 bridgehead atoms. The van der Waals surface area contributed by atoms with Gasteiger partial charge < -0.3 is 0 Å². The summed E-state index contributed by atoms with van der Waals surface area (Å²) in [7, 11) is 0. The van der Waals surface area contributed by atoms with E-state index in [1.807, 2.05) is 22.9 Å². The summed E-state index contributed by atoms with van der Waals surface area (Å²) < 4.78 is 0. The fourth-order valence-electron chi connectivity index (χ4n) is 4.21. The first-order chi connectivity index (χ1) is 12.8. The molecule has 0 fully saturated rings. The number of ketones is 1. The number of thiophene rings is 2. The second kappa shape index (κ2) is 5.13. The normalized spacial score (nSPS) is 15.5. The molecule has 0 N–H and O–H groups in total. The van der Waals surface area contributed by atoms with Crippen LogP contribution in [0.3, 0.4) is 0 Å². The SMILES string of the molecule is O=C1C(c2cccs2)=C2C(=C1c1cccs1)c1cccc3cccc2c13. The quantitative estimate of drug-likeness (QED) is 0.401. The van der Waals surface area contributed by atoms with Crippen molar-refractivity contribution in [2.45, 2.75) is 0 Å². The predicted molar refractivity (Wildman–Crippen MR) is 111 cm³/mol. The molecular weight excluding hydrogens is 356 g/mol. The van der Waals surface area contributed by atoms with Crippen molar-refractivity contribution in [3.8, 4) is 0 Å². The Kier molecular flexibility index (Phi) is 2.85. The lowest BCUT2D eigenvalue weighted by Crippen LogP contribution is -2.00. The van der Waals surface area contributed by atoms with Crippen LogP contribution in [0.15, 0.2) is 71.4 Å². The molecule has 122 valence electrons. The largest absolute Gasteiger partial charge is 0.288 e. The molecule has 0 unspecified atom stereocenters. The number of hydrogen-bond donors (Lipinski definition) is 0. The van der Waals surface area contributed by atoms with Crippen molar-refractivity contribution in [2.75, 3.05) is 0 Å². The van der Waals surface area contributed by atoms with Crippen LogP contribution < -0.4 is 0 Å². The van der Waals surface area contributed by atoms with E-state index < -0.39 is 0 Å².